The van der Waals surface area contributed by atoms with Crippen molar-refractivity contribution in [3.05, 3.63) is 21.9 Å². The van der Waals surface area contributed by atoms with Gasteiger partial charge in [-0.2, -0.15) is 0 Å². The number of sulfonamides is 1. The molecule has 20 heavy (non-hydrogen) atoms. The van der Waals surface area contributed by atoms with Crippen molar-refractivity contribution in [2.45, 2.75) is 17.7 Å². The lowest BCUT2D eigenvalue weighted by Gasteiger charge is -2.29. The molecule has 112 valence electrons. The number of nitrogens with zero attached hydrogens (tertiary/aromatic N) is 2. The van der Waals surface area contributed by atoms with E-state index < -0.39 is 10.0 Å². The topological polar surface area (TPSA) is 62.3 Å². The van der Waals surface area contributed by atoms with E-state index in [0.717, 1.165) is 25.9 Å². The molecule has 0 saturated carbocycles. The van der Waals surface area contributed by atoms with Crippen LogP contribution >= 0.6 is 27.5 Å². The average Bonchev–Trinajstić information content (AvgIpc) is 2.39. The van der Waals surface area contributed by atoms with E-state index in [9.17, 15) is 8.42 Å². The van der Waals surface area contributed by atoms with Gasteiger partial charge >= 0.3 is 0 Å². The zero-order valence-electron chi connectivity index (χ0n) is 11.1. The maximum absolute atomic E-state index is 12.3. The summed E-state index contributed by atoms with van der Waals surface area (Å²) >= 11 is 9.07. The molecular weight excluding hydrogens is 366 g/mol. The zero-order chi connectivity index (χ0) is 14.8. The first-order chi connectivity index (χ1) is 9.38. The van der Waals surface area contributed by atoms with Gasteiger partial charge in [-0.3, -0.25) is 0 Å². The van der Waals surface area contributed by atoms with E-state index in [4.69, 9.17) is 11.6 Å². The molecule has 1 aromatic heterocycles. The normalized spacial score (nSPS) is 21.1. The Labute approximate surface area is 132 Å². The molecule has 0 amide bonds. The Bertz CT molecular complexity index is 582. The minimum atomic E-state index is -3.62. The molecular formula is C12H17BrClN3O2S. The van der Waals surface area contributed by atoms with Crippen molar-refractivity contribution in [1.82, 2.24) is 14.6 Å². The number of hydrogen-bond acceptors (Lipinski definition) is 4. The summed E-state index contributed by atoms with van der Waals surface area (Å²) in [5.41, 5.74) is 0. The minimum Gasteiger partial charge on any atom is -0.306 e. The third-order valence-electron chi connectivity index (χ3n) is 3.35. The highest BCUT2D eigenvalue weighted by molar-refractivity contribution is 9.10. The van der Waals surface area contributed by atoms with Gasteiger partial charge in [0.05, 0.1) is 0 Å². The first-order valence-corrected chi connectivity index (χ1v) is 9.03. The van der Waals surface area contributed by atoms with Crippen LogP contribution in [0.2, 0.25) is 5.15 Å². The Morgan fingerprint density at radius 2 is 2.35 bits per heavy atom. The fourth-order valence-corrected chi connectivity index (χ4v) is 4.40. The first kappa shape index (κ1) is 16.2. The lowest BCUT2D eigenvalue weighted by atomic mass is 9.99. The van der Waals surface area contributed by atoms with Crippen LogP contribution in [0.25, 0.3) is 0 Å². The maximum atomic E-state index is 12.3. The van der Waals surface area contributed by atoms with Crippen molar-refractivity contribution in [3.8, 4) is 0 Å². The second-order valence-electron chi connectivity index (χ2n) is 5.06. The Morgan fingerprint density at radius 3 is 3.05 bits per heavy atom. The molecule has 1 atom stereocenters. The van der Waals surface area contributed by atoms with Crippen LogP contribution in [0.3, 0.4) is 0 Å². The number of likely N-dealkylation sites (tertiary alicyclic amines) is 1. The van der Waals surface area contributed by atoms with Gasteiger partial charge in [-0.25, -0.2) is 18.1 Å². The summed E-state index contributed by atoms with van der Waals surface area (Å²) < 4.78 is 27.7. The van der Waals surface area contributed by atoms with Gasteiger partial charge in [0.1, 0.15) is 10.0 Å². The number of halogens is 2. The SMILES string of the molecule is CN1CCCC(CNS(=O)(=O)c2cc(Br)cnc2Cl)C1. The second kappa shape index (κ2) is 6.70. The highest BCUT2D eigenvalue weighted by Gasteiger charge is 2.23. The van der Waals surface area contributed by atoms with Gasteiger partial charge in [-0.05, 0) is 54.3 Å². The van der Waals surface area contributed by atoms with Gasteiger partial charge in [0.25, 0.3) is 0 Å². The fourth-order valence-electron chi connectivity index (χ4n) is 2.34. The van der Waals surface area contributed by atoms with E-state index >= 15 is 0 Å². The Kier molecular flexibility index (Phi) is 5.42. The molecule has 0 bridgehead atoms. The van der Waals surface area contributed by atoms with E-state index in [-0.39, 0.29) is 10.0 Å². The molecule has 1 unspecified atom stereocenters. The summed E-state index contributed by atoms with van der Waals surface area (Å²) in [6.07, 6.45) is 3.61. The highest BCUT2D eigenvalue weighted by Crippen LogP contribution is 2.23. The van der Waals surface area contributed by atoms with Crippen LogP contribution < -0.4 is 4.72 Å². The quantitative estimate of drug-likeness (QED) is 0.810. The highest BCUT2D eigenvalue weighted by atomic mass is 79.9. The molecule has 0 aromatic carbocycles. The molecule has 0 aliphatic carbocycles. The molecule has 1 N–H and O–H groups in total. The fraction of sp³-hybridized carbons (Fsp3) is 0.583. The van der Waals surface area contributed by atoms with Gasteiger partial charge < -0.3 is 4.90 Å². The molecule has 1 saturated heterocycles. The summed E-state index contributed by atoms with van der Waals surface area (Å²) in [6.45, 7) is 2.41. The van der Waals surface area contributed by atoms with E-state index in [1.54, 1.807) is 0 Å². The number of hydrogen-bond donors (Lipinski definition) is 1. The zero-order valence-corrected chi connectivity index (χ0v) is 14.3. The summed E-state index contributed by atoms with van der Waals surface area (Å²) in [4.78, 5) is 6.07. The van der Waals surface area contributed by atoms with Crippen LogP contribution in [0.15, 0.2) is 21.6 Å². The van der Waals surface area contributed by atoms with Gasteiger partial charge in [0.2, 0.25) is 10.0 Å². The average molecular weight is 383 g/mol. The number of piperidine rings is 1. The first-order valence-electron chi connectivity index (χ1n) is 6.38. The number of rotatable bonds is 4. The number of aromatic nitrogens is 1. The van der Waals surface area contributed by atoms with Crippen molar-refractivity contribution in [2.24, 2.45) is 5.92 Å². The molecule has 1 aromatic rings. The van der Waals surface area contributed by atoms with Gasteiger partial charge in [0, 0.05) is 23.8 Å². The van der Waals surface area contributed by atoms with Crippen LogP contribution in [0.4, 0.5) is 0 Å². The monoisotopic (exact) mass is 381 g/mol. The van der Waals surface area contributed by atoms with Crippen LogP contribution in [0.5, 0.6) is 0 Å². The molecule has 2 heterocycles. The molecule has 1 aliphatic rings. The summed E-state index contributed by atoms with van der Waals surface area (Å²) in [6, 6.07) is 1.46. The van der Waals surface area contributed by atoms with Crippen LogP contribution in [-0.2, 0) is 10.0 Å². The van der Waals surface area contributed by atoms with Crippen molar-refractivity contribution >= 4 is 37.6 Å². The Balaban J connectivity index is 2.05. The van der Waals surface area contributed by atoms with Crippen molar-refractivity contribution in [1.29, 1.82) is 0 Å². The lowest BCUT2D eigenvalue weighted by molar-refractivity contribution is 0.211. The lowest BCUT2D eigenvalue weighted by Crippen LogP contribution is -2.39. The molecule has 0 spiro atoms. The molecule has 1 aliphatic heterocycles. The molecule has 5 nitrogen and oxygen atoms in total. The maximum Gasteiger partial charge on any atom is 0.243 e. The van der Waals surface area contributed by atoms with E-state index in [1.807, 2.05) is 0 Å². The molecule has 8 heteroatoms. The van der Waals surface area contributed by atoms with Gasteiger partial charge in [-0.1, -0.05) is 11.6 Å². The van der Waals surface area contributed by atoms with Crippen molar-refractivity contribution in [2.75, 3.05) is 26.7 Å². The van der Waals surface area contributed by atoms with E-state index in [2.05, 4.69) is 37.6 Å². The minimum absolute atomic E-state index is 0.0118. The summed E-state index contributed by atoms with van der Waals surface area (Å²) in [5.74, 6) is 0.336. The second-order valence-corrected chi connectivity index (χ2v) is 8.07. The van der Waals surface area contributed by atoms with Crippen LogP contribution in [0, 0.1) is 5.92 Å². The van der Waals surface area contributed by atoms with Gasteiger partial charge in [-0.15, -0.1) is 0 Å². The number of pyridine rings is 1. The van der Waals surface area contributed by atoms with E-state index in [1.165, 1.54) is 12.3 Å². The van der Waals surface area contributed by atoms with Crippen LogP contribution in [-0.4, -0.2) is 45.0 Å². The van der Waals surface area contributed by atoms with Crippen LogP contribution in [0.1, 0.15) is 12.8 Å². The van der Waals surface area contributed by atoms with Gasteiger partial charge in [0.15, 0.2) is 0 Å². The van der Waals surface area contributed by atoms with E-state index in [0.29, 0.717) is 16.9 Å². The third-order valence-corrected chi connectivity index (χ3v) is 5.63. The Hall–Kier alpha value is -0.210. The number of nitrogens with one attached hydrogen (secondary N) is 1. The Morgan fingerprint density at radius 1 is 1.60 bits per heavy atom. The van der Waals surface area contributed by atoms with Crippen molar-refractivity contribution < 1.29 is 8.42 Å². The standard InChI is InChI=1S/C12H17BrClN3O2S/c1-17-4-2-3-9(8-17)6-16-20(18,19)11-5-10(13)7-15-12(11)14/h5,7,9,16H,2-4,6,8H2,1H3. The predicted octanol–water partition coefficient (Wildman–Crippen LogP) is 2.12. The summed E-state index contributed by atoms with van der Waals surface area (Å²) in [7, 11) is -1.57. The molecule has 1 fully saturated rings. The predicted molar refractivity (Wildman–Crippen MR) is 82.4 cm³/mol. The van der Waals surface area contributed by atoms with Crippen molar-refractivity contribution in [3.63, 3.8) is 0 Å². The molecule has 0 radical (unpaired) electrons. The summed E-state index contributed by atoms with van der Waals surface area (Å²) in [5, 5.41) is -0.0125. The third kappa shape index (κ3) is 4.14. The largest absolute Gasteiger partial charge is 0.306 e. The molecule has 2 rings (SSSR count). The smallest absolute Gasteiger partial charge is 0.243 e.